The Bertz CT molecular complexity index is 388. The van der Waals surface area contributed by atoms with Gasteiger partial charge in [0.25, 0.3) is 0 Å². The highest BCUT2D eigenvalue weighted by molar-refractivity contribution is 5.82. The third kappa shape index (κ3) is 8.18. The highest BCUT2D eigenvalue weighted by Crippen LogP contribution is 2.16. The number of hydrogen-bond acceptors (Lipinski definition) is 5. The molecule has 0 aromatic rings. The van der Waals surface area contributed by atoms with E-state index in [0.29, 0.717) is 19.8 Å². The van der Waals surface area contributed by atoms with Crippen molar-refractivity contribution in [3.05, 3.63) is 0 Å². The second-order valence-electron chi connectivity index (χ2n) is 6.92. The van der Waals surface area contributed by atoms with Crippen LogP contribution in [0, 0.1) is 0 Å². The number of amides is 2. The number of carbonyl (C=O) groups is 2. The number of hydrogen-bond donors (Lipinski definition) is 1. The van der Waals surface area contributed by atoms with Crippen molar-refractivity contribution in [3.63, 3.8) is 0 Å². The Labute approximate surface area is 138 Å². The van der Waals surface area contributed by atoms with E-state index in [4.69, 9.17) is 14.2 Å². The lowest BCUT2D eigenvalue weighted by molar-refractivity contribution is -0.123. The second-order valence-corrected chi connectivity index (χ2v) is 6.92. The summed E-state index contributed by atoms with van der Waals surface area (Å²) in [4.78, 5) is 25.9. The van der Waals surface area contributed by atoms with Gasteiger partial charge in [0.05, 0.1) is 19.3 Å². The molecule has 1 fully saturated rings. The van der Waals surface area contributed by atoms with E-state index in [2.05, 4.69) is 5.32 Å². The summed E-state index contributed by atoms with van der Waals surface area (Å²) in [5, 5.41) is 2.80. The number of nitrogens with zero attached hydrogens (tertiary/aromatic N) is 1. The van der Waals surface area contributed by atoms with E-state index in [1.807, 2.05) is 6.92 Å². The lowest BCUT2D eigenvalue weighted by atomic mass is 10.2. The summed E-state index contributed by atoms with van der Waals surface area (Å²) in [6.45, 7) is 8.68. The van der Waals surface area contributed by atoms with E-state index in [0.717, 1.165) is 12.8 Å². The fraction of sp³-hybridized carbons (Fsp3) is 0.875. The first-order valence-corrected chi connectivity index (χ1v) is 8.09. The summed E-state index contributed by atoms with van der Waals surface area (Å²) >= 11 is 0. The molecule has 1 heterocycles. The van der Waals surface area contributed by atoms with E-state index < -0.39 is 11.7 Å². The molecule has 0 saturated carbocycles. The van der Waals surface area contributed by atoms with Crippen LogP contribution in [-0.4, -0.2) is 68.1 Å². The number of methoxy groups -OCH3 is 1. The van der Waals surface area contributed by atoms with Crippen LogP contribution in [0.1, 0.15) is 40.5 Å². The normalized spacial score (nSPS) is 19.3. The van der Waals surface area contributed by atoms with E-state index in [-0.39, 0.29) is 24.6 Å². The molecule has 0 bridgehead atoms. The molecule has 0 aromatic carbocycles. The van der Waals surface area contributed by atoms with Crippen LogP contribution in [0.3, 0.4) is 0 Å². The van der Waals surface area contributed by atoms with Gasteiger partial charge in [-0.15, -0.1) is 0 Å². The van der Waals surface area contributed by atoms with Gasteiger partial charge in [0.2, 0.25) is 5.91 Å². The van der Waals surface area contributed by atoms with Gasteiger partial charge < -0.3 is 19.5 Å². The Hall–Kier alpha value is -1.34. The highest BCUT2D eigenvalue weighted by atomic mass is 16.6. The minimum Gasteiger partial charge on any atom is -0.444 e. The van der Waals surface area contributed by atoms with E-state index >= 15 is 0 Å². The molecule has 0 aliphatic carbocycles. The standard InChI is InChI=1S/C16H30N2O5/c1-12(11-21-5)17-14(19)10-18(9-13-7-6-8-22-13)15(20)23-16(2,3)4/h12-13H,6-11H2,1-5H3,(H,17,19)/t12-,13+/m0/s1. The van der Waals surface area contributed by atoms with Crippen LogP contribution < -0.4 is 5.32 Å². The molecule has 2 atom stereocenters. The van der Waals surface area contributed by atoms with Gasteiger partial charge >= 0.3 is 6.09 Å². The first-order valence-electron chi connectivity index (χ1n) is 8.09. The summed E-state index contributed by atoms with van der Waals surface area (Å²) < 4.78 is 15.9. The minimum absolute atomic E-state index is 0.0354. The van der Waals surface area contributed by atoms with E-state index in [1.54, 1.807) is 27.9 Å². The van der Waals surface area contributed by atoms with Crippen molar-refractivity contribution < 1.29 is 23.8 Å². The Morgan fingerprint density at radius 2 is 2.09 bits per heavy atom. The average Bonchev–Trinajstić information content (AvgIpc) is 2.88. The maximum Gasteiger partial charge on any atom is 0.410 e. The van der Waals surface area contributed by atoms with Crippen LogP contribution in [0.4, 0.5) is 4.79 Å². The zero-order chi connectivity index (χ0) is 17.5. The molecule has 2 amide bonds. The van der Waals surface area contributed by atoms with Crippen molar-refractivity contribution >= 4 is 12.0 Å². The fourth-order valence-corrected chi connectivity index (χ4v) is 2.35. The van der Waals surface area contributed by atoms with Crippen LogP contribution in [0.25, 0.3) is 0 Å². The molecule has 1 rings (SSSR count). The van der Waals surface area contributed by atoms with Crippen molar-refractivity contribution in [2.45, 2.75) is 58.3 Å². The number of carbonyl (C=O) groups excluding carboxylic acids is 2. The predicted molar refractivity (Wildman–Crippen MR) is 86.3 cm³/mol. The maximum absolute atomic E-state index is 12.3. The van der Waals surface area contributed by atoms with Gasteiger partial charge in [0.1, 0.15) is 12.1 Å². The van der Waals surface area contributed by atoms with Crippen molar-refractivity contribution in [1.82, 2.24) is 10.2 Å². The smallest absolute Gasteiger partial charge is 0.410 e. The lowest BCUT2D eigenvalue weighted by Gasteiger charge is -2.29. The first-order chi connectivity index (χ1) is 10.7. The van der Waals surface area contributed by atoms with Crippen molar-refractivity contribution in [1.29, 1.82) is 0 Å². The Morgan fingerprint density at radius 1 is 1.39 bits per heavy atom. The second kappa shape index (κ2) is 9.08. The molecular formula is C16H30N2O5. The van der Waals surface area contributed by atoms with Gasteiger partial charge in [-0.05, 0) is 40.5 Å². The van der Waals surface area contributed by atoms with Gasteiger partial charge in [-0.3, -0.25) is 9.69 Å². The van der Waals surface area contributed by atoms with Crippen LogP contribution in [-0.2, 0) is 19.0 Å². The molecule has 1 N–H and O–H groups in total. The predicted octanol–water partition coefficient (Wildman–Crippen LogP) is 1.55. The van der Waals surface area contributed by atoms with Gasteiger partial charge in [0, 0.05) is 19.8 Å². The summed E-state index contributed by atoms with van der Waals surface area (Å²) in [7, 11) is 1.58. The molecule has 0 radical (unpaired) electrons. The van der Waals surface area contributed by atoms with Crippen LogP contribution in [0.5, 0.6) is 0 Å². The van der Waals surface area contributed by atoms with Crippen molar-refractivity contribution in [2.24, 2.45) is 0 Å². The highest BCUT2D eigenvalue weighted by Gasteiger charge is 2.28. The topological polar surface area (TPSA) is 77.1 Å². The minimum atomic E-state index is -0.605. The Kier molecular flexibility index (Phi) is 7.78. The zero-order valence-corrected chi connectivity index (χ0v) is 14.9. The van der Waals surface area contributed by atoms with E-state index in [9.17, 15) is 9.59 Å². The zero-order valence-electron chi connectivity index (χ0n) is 14.9. The molecule has 1 aliphatic rings. The third-order valence-corrected chi connectivity index (χ3v) is 3.26. The quantitative estimate of drug-likeness (QED) is 0.766. The molecule has 1 saturated heterocycles. The monoisotopic (exact) mass is 330 g/mol. The number of nitrogens with one attached hydrogen (secondary N) is 1. The molecule has 134 valence electrons. The fourth-order valence-electron chi connectivity index (χ4n) is 2.35. The molecule has 0 spiro atoms. The molecule has 1 aliphatic heterocycles. The van der Waals surface area contributed by atoms with Crippen molar-refractivity contribution in [2.75, 3.05) is 33.4 Å². The van der Waals surface area contributed by atoms with Gasteiger partial charge in [-0.1, -0.05) is 0 Å². The maximum atomic E-state index is 12.3. The first kappa shape index (κ1) is 19.7. The molecule has 0 aromatic heterocycles. The summed E-state index contributed by atoms with van der Waals surface area (Å²) in [6, 6.07) is -0.115. The largest absolute Gasteiger partial charge is 0.444 e. The SMILES string of the molecule is COC[C@H](C)NC(=O)CN(C[C@H]1CCCO1)C(=O)OC(C)(C)C. The van der Waals surface area contributed by atoms with Gasteiger partial charge in [0.15, 0.2) is 0 Å². The van der Waals surface area contributed by atoms with Crippen LogP contribution in [0.2, 0.25) is 0 Å². The third-order valence-electron chi connectivity index (χ3n) is 3.26. The van der Waals surface area contributed by atoms with Crippen LogP contribution in [0.15, 0.2) is 0 Å². The van der Waals surface area contributed by atoms with Crippen molar-refractivity contribution in [3.8, 4) is 0 Å². The van der Waals surface area contributed by atoms with Gasteiger partial charge in [-0.25, -0.2) is 4.79 Å². The molecular weight excluding hydrogens is 300 g/mol. The van der Waals surface area contributed by atoms with Crippen LogP contribution >= 0.6 is 0 Å². The Balaban J connectivity index is 2.62. The summed E-state index contributed by atoms with van der Waals surface area (Å²) in [5.41, 5.74) is -0.605. The molecule has 7 nitrogen and oxygen atoms in total. The molecule has 23 heavy (non-hydrogen) atoms. The van der Waals surface area contributed by atoms with E-state index in [1.165, 1.54) is 4.90 Å². The number of rotatable bonds is 7. The summed E-state index contributed by atoms with van der Waals surface area (Å²) in [5.74, 6) is -0.238. The van der Waals surface area contributed by atoms with Gasteiger partial charge in [-0.2, -0.15) is 0 Å². The molecule has 0 unspecified atom stereocenters. The Morgan fingerprint density at radius 3 is 2.61 bits per heavy atom. The summed E-state index contributed by atoms with van der Waals surface area (Å²) in [6.07, 6.45) is 1.33. The average molecular weight is 330 g/mol. The molecule has 7 heteroatoms. The number of ether oxygens (including phenoxy) is 3. The lowest BCUT2D eigenvalue weighted by Crippen LogP contribution is -2.48.